The second-order valence-electron chi connectivity index (χ2n) is 8.89. The van der Waals surface area contributed by atoms with E-state index in [1.807, 2.05) is 18.2 Å². The van der Waals surface area contributed by atoms with E-state index in [1.54, 1.807) is 19.4 Å². The van der Waals surface area contributed by atoms with Gasteiger partial charge < -0.3 is 14.6 Å². The number of carbonyl (C=O) groups is 1. The zero-order valence-electron chi connectivity index (χ0n) is 17.9. The first-order valence-corrected chi connectivity index (χ1v) is 11.2. The lowest BCUT2D eigenvalue weighted by Gasteiger charge is -2.29. The van der Waals surface area contributed by atoms with Crippen LogP contribution in [0.2, 0.25) is 0 Å². The maximum Gasteiger partial charge on any atom is 0.303 e. The summed E-state index contributed by atoms with van der Waals surface area (Å²) in [6, 6.07) is 8.78. The molecule has 6 heteroatoms. The Bertz CT molecular complexity index is 906. The molecule has 2 aromatic rings. The molecular formula is C25H30FNO4. The summed E-state index contributed by atoms with van der Waals surface area (Å²) in [6.45, 7) is 0.580. The molecule has 0 bridgehead atoms. The van der Waals surface area contributed by atoms with Crippen molar-refractivity contribution in [2.24, 2.45) is 11.8 Å². The van der Waals surface area contributed by atoms with Gasteiger partial charge in [0.25, 0.3) is 0 Å². The molecule has 0 radical (unpaired) electrons. The average Bonchev–Trinajstić information content (AvgIpc) is 3.62. The number of pyridine rings is 1. The van der Waals surface area contributed by atoms with Crippen molar-refractivity contribution in [3.8, 4) is 11.6 Å². The van der Waals surface area contributed by atoms with Crippen LogP contribution in [0.25, 0.3) is 0 Å². The SMILES string of the molecule is COc1ccc(F)c([C@H]2CC[C@H](COc3cc([C@@H](CC(=O)O)C4CC4)ccn3)CC2)c1. The van der Waals surface area contributed by atoms with Gasteiger partial charge in [-0.3, -0.25) is 4.79 Å². The van der Waals surface area contributed by atoms with Crippen molar-refractivity contribution < 1.29 is 23.8 Å². The van der Waals surface area contributed by atoms with Gasteiger partial charge in [0.15, 0.2) is 0 Å². The van der Waals surface area contributed by atoms with Crippen molar-refractivity contribution in [3.63, 3.8) is 0 Å². The highest BCUT2D eigenvalue weighted by Crippen LogP contribution is 2.45. The van der Waals surface area contributed by atoms with Gasteiger partial charge in [0.1, 0.15) is 11.6 Å². The third kappa shape index (κ3) is 5.54. The summed E-state index contributed by atoms with van der Waals surface area (Å²) >= 11 is 0. The number of ether oxygens (including phenoxy) is 2. The molecule has 0 amide bonds. The summed E-state index contributed by atoms with van der Waals surface area (Å²) in [5.74, 6) is 1.45. The van der Waals surface area contributed by atoms with Gasteiger partial charge in [-0.25, -0.2) is 9.37 Å². The number of carboxylic acids is 1. The highest BCUT2D eigenvalue weighted by molar-refractivity contribution is 5.68. The van der Waals surface area contributed by atoms with Crippen molar-refractivity contribution in [2.45, 2.75) is 56.8 Å². The number of aromatic nitrogens is 1. The lowest BCUT2D eigenvalue weighted by atomic mass is 9.79. The summed E-state index contributed by atoms with van der Waals surface area (Å²) in [4.78, 5) is 15.6. The monoisotopic (exact) mass is 427 g/mol. The first-order valence-electron chi connectivity index (χ1n) is 11.2. The molecule has 1 heterocycles. The molecule has 1 aromatic heterocycles. The summed E-state index contributed by atoms with van der Waals surface area (Å²) < 4.78 is 25.5. The minimum Gasteiger partial charge on any atom is -0.497 e. The summed E-state index contributed by atoms with van der Waals surface area (Å²) in [7, 11) is 1.60. The molecule has 31 heavy (non-hydrogen) atoms. The number of aliphatic carboxylic acids is 1. The number of methoxy groups -OCH3 is 1. The van der Waals surface area contributed by atoms with E-state index in [-0.39, 0.29) is 24.1 Å². The second-order valence-corrected chi connectivity index (χ2v) is 8.89. The molecule has 0 aliphatic heterocycles. The first-order chi connectivity index (χ1) is 15.0. The van der Waals surface area contributed by atoms with Crippen molar-refractivity contribution in [1.82, 2.24) is 4.98 Å². The van der Waals surface area contributed by atoms with E-state index < -0.39 is 5.97 Å². The summed E-state index contributed by atoms with van der Waals surface area (Å²) in [5, 5.41) is 9.24. The van der Waals surface area contributed by atoms with Crippen molar-refractivity contribution >= 4 is 5.97 Å². The van der Waals surface area contributed by atoms with Crippen LogP contribution in [0.1, 0.15) is 67.9 Å². The fourth-order valence-corrected chi connectivity index (χ4v) is 4.78. The molecule has 166 valence electrons. The molecular weight excluding hydrogens is 397 g/mol. The number of hydrogen-bond donors (Lipinski definition) is 1. The molecule has 2 fully saturated rings. The number of nitrogens with zero attached hydrogens (tertiary/aromatic N) is 1. The van der Waals surface area contributed by atoms with E-state index >= 15 is 0 Å². The largest absolute Gasteiger partial charge is 0.497 e. The second kappa shape index (κ2) is 9.67. The van der Waals surface area contributed by atoms with Crippen LogP contribution in [0.5, 0.6) is 11.6 Å². The topological polar surface area (TPSA) is 68.7 Å². The van der Waals surface area contributed by atoms with Crippen LogP contribution < -0.4 is 9.47 Å². The molecule has 2 aliphatic rings. The third-order valence-corrected chi connectivity index (χ3v) is 6.73. The van der Waals surface area contributed by atoms with Crippen molar-refractivity contribution in [1.29, 1.82) is 0 Å². The standard InChI is InChI=1S/C25H30FNO4/c1-30-20-8-9-23(26)22(13-20)18-4-2-16(3-5-18)15-31-24-12-19(10-11-27-24)21(14-25(28)29)17-6-7-17/h8-13,16-18,21H,2-7,14-15H2,1H3,(H,28,29)/t16-,18-,21-/m0/s1. The molecule has 0 spiro atoms. The molecule has 2 aliphatic carbocycles. The predicted octanol–water partition coefficient (Wildman–Crippen LogP) is 5.55. The van der Waals surface area contributed by atoms with Gasteiger partial charge in [0.05, 0.1) is 20.1 Å². The van der Waals surface area contributed by atoms with E-state index in [0.717, 1.165) is 49.7 Å². The van der Waals surface area contributed by atoms with E-state index in [9.17, 15) is 14.3 Å². The quantitative estimate of drug-likeness (QED) is 0.568. The fourth-order valence-electron chi connectivity index (χ4n) is 4.78. The Morgan fingerprint density at radius 1 is 1.16 bits per heavy atom. The average molecular weight is 428 g/mol. The fraction of sp³-hybridized carbons (Fsp3) is 0.520. The molecule has 4 rings (SSSR count). The lowest BCUT2D eigenvalue weighted by Crippen LogP contribution is -2.20. The van der Waals surface area contributed by atoms with E-state index in [2.05, 4.69) is 4.98 Å². The molecule has 1 N–H and O–H groups in total. The van der Waals surface area contributed by atoms with E-state index in [1.165, 1.54) is 6.07 Å². The Balaban J connectivity index is 1.31. The maximum atomic E-state index is 14.3. The van der Waals surface area contributed by atoms with Crippen LogP contribution in [-0.2, 0) is 4.79 Å². The van der Waals surface area contributed by atoms with Gasteiger partial charge in [-0.1, -0.05) is 0 Å². The highest BCUT2D eigenvalue weighted by Gasteiger charge is 2.34. The van der Waals surface area contributed by atoms with Gasteiger partial charge in [0.2, 0.25) is 5.88 Å². The van der Waals surface area contributed by atoms with Gasteiger partial charge in [-0.2, -0.15) is 0 Å². The van der Waals surface area contributed by atoms with Crippen LogP contribution in [-0.4, -0.2) is 29.8 Å². The van der Waals surface area contributed by atoms with Crippen LogP contribution in [0.3, 0.4) is 0 Å². The highest BCUT2D eigenvalue weighted by atomic mass is 19.1. The molecule has 2 saturated carbocycles. The molecule has 1 atom stereocenters. The van der Waals surface area contributed by atoms with Crippen LogP contribution in [0.15, 0.2) is 36.5 Å². The summed E-state index contributed by atoms with van der Waals surface area (Å²) in [6.07, 6.45) is 7.85. The zero-order valence-corrected chi connectivity index (χ0v) is 17.9. The lowest BCUT2D eigenvalue weighted by molar-refractivity contribution is -0.137. The number of hydrogen-bond acceptors (Lipinski definition) is 4. The third-order valence-electron chi connectivity index (χ3n) is 6.73. The smallest absolute Gasteiger partial charge is 0.303 e. The minimum absolute atomic E-state index is 0.0380. The van der Waals surface area contributed by atoms with Crippen LogP contribution in [0.4, 0.5) is 4.39 Å². The normalized spacial score (nSPS) is 22.0. The minimum atomic E-state index is -0.764. The van der Waals surface area contributed by atoms with Crippen molar-refractivity contribution in [3.05, 3.63) is 53.5 Å². The Hall–Kier alpha value is -2.63. The summed E-state index contributed by atoms with van der Waals surface area (Å²) in [5.41, 5.74) is 1.75. The van der Waals surface area contributed by atoms with Gasteiger partial charge in [-0.05, 0) is 97.6 Å². The Morgan fingerprint density at radius 3 is 2.61 bits per heavy atom. The molecule has 0 saturated heterocycles. The predicted molar refractivity (Wildman–Crippen MR) is 115 cm³/mol. The molecule has 0 unspecified atom stereocenters. The van der Waals surface area contributed by atoms with E-state index in [0.29, 0.717) is 30.1 Å². The van der Waals surface area contributed by atoms with Gasteiger partial charge in [0, 0.05) is 12.3 Å². The molecule has 5 nitrogen and oxygen atoms in total. The van der Waals surface area contributed by atoms with Crippen LogP contribution >= 0.6 is 0 Å². The number of carboxylic acid groups (broad SMARTS) is 1. The van der Waals surface area contributed by atoms with E-state index in [4.69, 9.17) is 9.47 Å². The first kappa shape index (κ1) is 21.6. The van der Waals surface area contributed by atoms with Gasteiger partial charge >= 0.3 is 5.97 Å². The number of rotatable bonds is 9. The van der Waals surface area contributed by atoms with Crippen LogP contribution in [0, 0.1) is 17.7 Å². The Labute approximate surface area is 182 Å². The zero-order chi connectivity index (χ0) is 21.8. The Morgan fingerprint density at radius 2 is 1.94 bits per heavy atom. The Kier molecular flexibility index (Phi) is 6.73. The number of benzene rings is 1. The maximum absolute atomic E-state index is 14.3. The number of halogens is 1. The molecule has 1 aromatic carbocycles. The van der Waals surface area contributed by atoms with Gasteiger partial charge in [-0.15, -0.1) is 0 Å². The van der Waals surface area contributed by atoms with Crippen molar-refractivity contribution in [2.75, 3.05) is 13.7 Å².